The zero-order valence-corrected chi connectivity index (χ0v) is 11.9. The molecule has 0 aromatic heterocycles. The molecule has 0 radical (unpaired) electrons. The fraction of sp³-hybridized carbons (Fsp3) is 0.600. The van der Waals surface area contributed by atoms with Gasteiger partial charge in [0.25, 0.3) is 0 Å². The largest absolute Gasteiger partial charge is 0.396 e. The van der Waals surface area contributed by atoms with E-state index in [4.69, 9.17) is 0 Å². The second-order valence-electron chi connectivity index (χ2n) is 4.89. The minimum absolute atomic E-state index is 0. The first-order valence-electron chi connectivity index (χ1n) is 6.76. The van der Waals surface area contributed by atoms with Crippen molar-refractivity contribution in [1.29, 1.82) is 0 Å². The minimum atomic E-state index is 0. The predicted octanol–water partition coefficient (Wildman–Crippen LogP) is 3.06. The summed E-state index contributed by atoms with van der Waals surface area (Å²) in [5.41, 5.74) is 1.28. The van der Waals surface area contributed by atoms with Crippen molar-refractivity contribution < 1.29 is 5.11 Å². The van der Waals surface area contributed by atoms with E-state index in [1.165, 1.54) is 31.4 Å². The van der Waals surface area contributed by atoms with E-state index < -0.39 is 0 Å². The van der Waals surface area contributed by atoms with Crippen molar-refractivity contribution in [3.63, 3.8) is 0 Å². The zero-order chi connectivity index (χ0) is 12.1. The number of hydrogen-bond acceptors (Lipinski definition) is 2. The Kier molecular flexibility index (Phi) is 6.69. The van der Waals surface area contributed by atoms with Crippen LogP contribution in [0.15, 0.2) is 30.3 Å². The van der Waals surface area contributed by atoms with Crippen molar-refractivity contribution >= 4 is 12.4 Å². The lowest BCUT2D eigenvalue weighted by molar-refractivity contribution is 0.104. The molecule has 0 spiro atoms. The Morgan fingerprint density at radius 1 is 1.28 bits per heavy atom. The van der Waals surface area contributed by atoms with Crippen molar-refractivity contribution in [3.05, 3.63) is 35.9 Å². The highest BCUT2D eigenvalue weighted by atomic mass is 35.5. The lowest BCUT2D eigenvalue weighted by atomic mass is 9.85. The average Bonchev–Trinajstić information content (AvgIpc) is 2.41. The van der Waals surface area contributed by atoms with Crippen LogP contribution < -0.4 is 0 Å². The highest BCUT2D eigenvalue weighted by Crippen LogP contribution is 2.29. The lowest BCUT2D eigenvalue weighted by Gasteiger charge is -2.39. The Balaban J connectivity index is 0.00000162. The molecule has 0 unspecified atom stereocenters. The lowest BCUT2D eigenvalue weighted by Crippen LogP contribution is -2.44. The standard InChI is InChI=1S/C15H23NO.ClH/c1-2-16-11-7-6-10-15(16)14(12-17)13-8-4-3-5-9-13;/h3-5,8-9,14-15,17H,2,6-7,10-12H2,1H3;1H/t14-,15-;/m1./s1. The molecule has 1 N–H and O–H groups in total. The molecule has 2 nitrogen and oxygen atoms in total. The van der Waals surface area contributed by atoms with Gasteiger partial charge in [-0.05, 0) is 31.5 Å². The van der Waals surface area contributed by atoms with Gasteiger partial charge in [-0.15, -0.1) is 12.4 Å². The molecule has 0 amide bonds. The quantitative estimate of drug-likeness (QED) is 0.908. The molecule has 0 saturated carbocycles. The molecule has 0 aliphatic carbocycles. The van der Waals surface area contributed by atoms with Gasteiger partial charge in [0.15, 0.2) is 0 Å². The van der Waals surface area contributed by atoms with Gasteiger partial charge in [0.2, 0.25) is 0 Å². The van der Waals surface area contributed by atoms with Gasteiger partial charge in [-0.3, -0.25) is 4.90 Å². The van der Waals surface area contributed by atoms with E-state index in [9.17, 15) is 5.11 Å². The molecule has 2 atom stereocenters. The van der Waals surface area contributed by atoms with Crippen molar-refractivity contribution in [2.24, 2.45) is 0 Å². The summed E-state index contributed by atoms with van der Waals surface area (Å²) in [6.07, 6.45) is 3.82. The van der Waals surface area contributed by atoms with Crippen LogP contribution in [0.2, 0.25) is 0 Å². The van der Waals surface area contributed by atoms with Crippen molar-refractivity contribution in [3.8, 4) is 0 Å². The van der Waals surface area contributed by atoms with E-state index in [1.807, 2.05) is 6.07 Å². The van der Waals surface area contributed by atoms with Gasteiger partial charge in [-0.25, -0.2) is 0 Å². The Morgan fingerprint density at radius 2 is 2.00 bits per heavy atom. The third-order valence-corrected chi connectivity index (χ3v) is 3.96. The summed E-state index contributed by atoms with van der Waals surface area (Å²) in [6, 6.07) is 11.0. The minimum Gasteiger partial charge on any atom is -0.396 e. The number of aliphatic hydroxyl groups excluding tert-OH is 1. The van der Waals surface area contributed by atoms with Gasteiger partial charge in [-0.2, -0.15) is 0 Å². The molecule has 1 aromatic rings. The summed E-state index contributed by atoms with van der Waals surface area (Å²) in [5.74, 6) is 0.274. The number of piperidine rings is 1. The SMILES string of the molecule is CCN1CCCC[C@@H]1[C@H](CO)c1ccccc1.Cl. The van der Waals surface area contributed by atoms with Crippen LogP contribution in [0.3, 0.4) is 0 Å². The highest BCUT2D eigenvalue weighted by molar-refractivity contribution is 5.85. The second-order valence-corrected chi connectivity index (χ2v) is 4.89. The molecule has 1 saturated heterocycles. The summed E-state index contributed by atoms with van der Waals surface area (Å²) in [6.45, 7) is 4.75. The van der Waals surface area contributed by atoms with Crippen LogP contribution in [0, 0.1) is 0 Å². The number of halogens is 1. The zero-order valence-electron chi connectivity index (χ0n) is 11.1. The summed E-state index contributed by atoms with van der Waals surface area (Å²) >= 11 is 0. The molecule has 1 heterocycles. The maximum absolute atomic E-state index is 9.72. The first-order chi connectivity index (χ1) is 8.36. The van der Waals surface area contributed by atoms with E-state index in [2.05, 4.69) is 36.1 Å². The Labute approximate surface area is 116 Å². The molecule has 2 rings (SSSR count). The molecular weight excluding hydrogens is 246 g/mol. The van der Waals surface area contributed by atoms with Gasteiger partial charge >= 0.3 is 0 Å². The topological polar surface area (TPSA) is 23.5 Å². The van der Waals surface area contributed by atoms with Crippen molar-refractivity contribution in [2.75, 3.05) is 19.7 Å². The number of rotatable bonds is 4. The molecule has 1 aliphatic rings. The molecule has 1 fully saturated rings. The summed E-state index contributed by atoms with van der Waals surface area (Å²) in [5, 5.41) is 9.72. The van der Waals surface area contributed by atoms with E-state index in [0.717, 1.165) is 6.54 Å². The average molecular weight is 270 g/mol. The van der Waals surface area contributed by atoms with E-state index in [-0.39, 0.29) is 24.9 Å². The normalized spacial score (nSPS) is 22.2. The number of nitrogens with zero attached hydrogens (tertiary/aromatic N) is 1. The fourth-order valence-electron chi connectivity index (χ4n) is 3.01. The van der Waals surface area contributed by atoms with E-state index in [1.54, 1.807) is 0 Å². The molecular formula is C15H24ClNO. The molecule has 0 bridgehead atoms. The van der Waals surface area contributed by atoms with Crippen molar-refractivity contribution in [1.82, 2.24) is 4.90 Å². The first-order valence-corrected chi connectivity index (χ1v) is 6.76. The fourth-order valence-corrected chi connectivity index (χ4v) is 3.01. The van der Waals surface area contributed by atoms with Crippen LogP contribution in [0.4, 0.5) is 0 Å². The molecule has 18 heavy (non-hydrogen) atoms. The molecule has 102 valence electrons. The molecule has 1 aliphatic heterocycles. The number of aliphatic hydroxyl groups is 1. The van der Waals surface area contributed by atoms with Gasteiger partial charge in [0, 0.05) is 12.0 Å². The van der Waals surface area contributed by atoms with E-state index in [0.29, 0.717) is 6.04 Å². The summed E-state index contributed by atoms with van der Waals surface area (Å²) in [4.78, 5) is 2.53. The van der Waals surface area contributed by atoms with Crippen LogP contribution >= 0.6 is 12.4 Å². The van der Waals surface area contributed by atoms with E-state index >= 15 is 0 Å². The Bertz CT molecular complexity index is 331. The summed E-state index contributed by atoms with van der Waals surface area (Å²) in [7, 11) is 0. The number of likely N-dealkylation sites (N-methyl/N-ethyl adjacent to an activating group) is 1. The predicted molar refractivity (Wildman–Crippen MR) is 78.4 cm³/mol. The first kappa shape index (κ1) is 15.5. The number of likely N-dealkylation sites (tertiary alicyclic amines) is 1. The monoisotopic (exact) mass is 269 g/mol. The van der Waals surface area contributed by atoms with Crippen LogP contribution in [-0.4, -0.2) is 35.7 Å². The van der Waals surface area contributed by atoms with Gasteiger partial charge in [0.1, 0.15) is 0 Å². The van der Waals surface area contributed by atoms with Gasteiger partial charge < -0.3 is 5.11 Å². The third kappa shape index (κ3) is 3.47. The number of benzene rings is 1. The smallest absolute Gasteiger partial charge is 0.0514 e. The molecule has 1 aromatic carbocycles. The second kappa shape index (κ2) is 7.78. The maximum Gasteiger partial charge on any atom is 0.0514 e. The Hall–Kier alpha value is -0.570. The van der Waals surface area contributed by atoms with Crippen LogP contribution in [0.25, 0.3) is 0 Å². The Morgan fingerprint density at radius 3 is 2.61 bits per heavy atom. The van der Waals surface area contributed by atoms with Crippen LogP contribution in [0.5, 0.6) is 0 Å². The van der Waals surface area contributed by atoms with Crippen LogP contribution in [0.1, 0.15) is 37.7 Å². The third-order valence-electron chi connectivity index (χ3n) is 3.96. The maximum atomic E-state index is 9.72. The molecule has 3 heteroatoms. The highest BCUT2D eigenvalue weighted by Gasteiger charge is 2.29. The van der Waals surface area contributed by atoms with Gasteiger partial charge in [-0.1, -0.05) is 43.7 Å². The van der Waals surface area contributed by atoms with Gasteiger partial charge in [0.05, 0.1) is 6.61 Å². The van der Waals surface area contributed by atoms with Crippen LogP contribution in [-0.2, 0) is 0 Å². The number of hydrogen-bond donors (Lipinski definition) is 1. The summed E-state index contributed by atoms with van der Waals surface area (Å²) < 4.78 is 0. The van der Waals surface area contributed by atoms with Crippen molar-refractivity contribution in [2.45, 2.75) is 38.1 Å².